The van der Waals surface area contributed by atoms with E-state index in [0.717, 1.165) is 25.7 Å². The molecule has 0 amide bonds. The van der Waals surface area contributed by atoms with Crippen LogP contribution in [-0.2, 0) is 0 Å². The number of hydrogen-bond acceptors (Lipinski definition) is 1. The zero-order valence-electron chi connectivity index (χ0n) is 11.8. The largest absolute Gasteiger partial charge is 0.392 e. The summed E-state index contributed by atoms with van der Waals surface area (Å²) in [5.41, 5.74) is 4.14. The summed E-state index contributed by atoms with van der Waals surface area (Å²) in [5.74, 6) is 0. The molecule has 2 heteroatoms. The van der Waals surface area contributed by atoms with Crippen molar-refractivity contribution in [2.45, 2.75) is 53.4 Å². The molecule has 0 aromatic carbocycles. The summed E-state index contributed by atoms with van der Waals surface area (Å²) in [4.78, 5) is 0. The number of hydrogen-bond donors (Lipinski definition) is 1. The molecule has 0 bridgehead atoms. The van der Waals surface area contributed by atoms with Gasteiger partial charge in [-0.2, -0.15) is 0 Å². The van der Waals surface area contributed by atoms with Crippen molar-refractivity contribution in [2.75, 3.05) is 6.61 Å². The Morgan fingerprint density at radius 3 is 1.76 bits per heavy atom. The van der Waals surface area contributed by atoms with Crippen LogP contribution in [0.15, 0.2) is 34.9 Å². The van der Waals surface area contributed by atoms with Crippen LogP contribution in [0.2, 0.25) is 0 Å². The zero-order valence-corrected chi connectivity index (χ0v) is 14.2. The molecule has 0 unspecified atom stereocenters. The summed E-state index contributed by atoms with van der Waals surface area (Å²) in [6, 6.07) is 0. The first-order chi connectivity index (χ1) is 7.56. The predicted molar refractivity (Wildman–Crippen MR) is 78.3 cm³/mol. The fourth-order valence-electron chi connectivity index (χ4n) is 1.49. The average Bonchev–Trinajstić information content (AvgIpc) is 2.17. The molecule has 0 aliphatic rings. The molecule has 1 N–H and O–H groups in total. The standard InChI is InChI=1S/C15H26O.Ga/c1-13(2)7-5-8-14(3)9-6-10-15(4)11-12-16;/h7,9,11,16H,5-6,8,10,12H2,1-4H3;. The quantitative estimate of drug-likeness (QED) is 0.555. The van der Waals surface area contributed by atoms with Crippen LogP contribution in [-0.4, -0.2) is 31.5 Å². The zero-order chi connectivity index (χ0) is 12.4. The van der Waals surface area contributed by atoms with E-state index in [1.54, 1.807) is 0 Å². The molecule has 95 valence electrons. The second-order valence-corrected chi connectivity index (χ2v) is 4.64. The molecule has 0 rings (SSSR count). The number of aliphatic hydroxyl groups excluding tert-OH is 1. The molecule has 0 aromatic rings. The molecule has 0 saturated heterocycles. The Balaban J connectivity index is 0. The van der Waals surface area contributed by atoms with Gasteiger partial charge in [-0.1, -0.05) is 34.9 Å². The minimum Gasteiger partial charge on any atom is -0.392 e. The van der Waals surface area contributed by atoms with Gasteiger partial charge in [0.15, 0.2) is 0 Å². The van der Waals surface area contributed by atoms with Crippen LogP contribution in [0.4, 0.5) is 0 Å². The van der Waals surface area contributed by atoms with Crippen molar-refractivity contribution in [1.29, 1.82) is 0 Å². The summed E-state index contributed by atoms with van der Waals surface area (Å²) in [7, 11) is 0. The van der Waals surface area contributed by atoms with Crippen LogP contribution < -0.4 is 0 Å². The summed E-state index contributed by atoms with van der Waals surface area (Å²) in [5, 5.41) is 8.72. The monoisotopic (exact) mass is 291 g/mol. The third-order valence-electron chi connectivity index (χ3n) is 2.56. The van der Waals surface area contributed by atoms with Crippen molar-refractivity contribution in [3.63, 3.8) is 0 Å². The summed E-state index contributed by atoms with van der Waals surface area (Å²) >= 11 is 0. The van der Waals surface area contributed by atoms with Crippen molar-refractivity contribution >= 4 is 19.8 Å². The van der Waals surface area contributed by atoms with Crippen molar-refractivity contribution < 1.29 is 5.11 Å². The first-order valence-electron chi connectivity index (χ1n) is 6.11. The van der Waals surface area contributed by atoms with E-state index in [9.17, 15) is 0 Å². The van der Waals surface area contributed by atoms with Crippen molar-refractivity contribution in [3.05, 3.63) is 34.9 Å². The smallest absolute Gasteiger partial charge is 0.0614 e. The second-order valence-electron chi connectivity index (χ2n) is 4.64. The maximum Gasteiger partial charge on any atom is 0.0614 e. The van der Waals surface area contributed by atoms with E-state index in [1.165, 1.54) is 16.7 Å². The van der Waals surface area contributed by atoms with Crippen LogP contribution >= 0.6 is 0 Å². The second kappa shape index (κ2) is 12.3. The van der Waals surface area contributed by atoms with Crippen LogP contribution in [0, 0.1) is 0 Å². The Labute approximate surface area is 120 Å². The molecule has 0 aromatic heterocycles. The van der Waals surface area contributed by atoms with Gasteiger partial charge in [0, 0.05) is 19.8 Å². The van der Waals surface area contributed by atoms with E-state index in [-0.39, 0.29) is 26.4 Å². The fourth-order valence-corrected chi connectivity index (χ4v) is 1.49. The number of aliphatic hydroxyl groups is 1. The number of rotatable bonds is 7. The van der Waals surface area contributed by atoms with Gasteiger partial charge in [0.25, 0.3) is 0 Å². The minimum atomic E-state index is 0. The molecule has 3 radical (unpaired) electrons. The molecule has 0 atom stereocenters. The fraction of sp³-hybridized carbons (Fsp3) is 0.600. The normalized spacial score (nSPS) is 12.1. The average molecular weight is 292 g/mol. The van der Waals surface area contributed by atoms with Crippen LogP contribution in [0.1, 0.15) is 53.4 Å². The molecule has 0 aliphatic carbocycles. The third-order valence-corrected chi connectivity index (χ3v) is 2.56. The van der Waals surface area contributed by atoms with E-state index in [1.807, 2.05) is 6.08 Å². The maximum atomic E-state index is 8.72. The van der Waals surface area contributed by atoms with Gasteiger partial charge in [0.2, 0.25) is 0 Å². The van der Waals surface area contributed by atoms with E-state index in [2.05, 4.69) is 39.8 Å². The molecule has 0 heterocycles. The first kappa shape index (κ1) is 19.2. The van der Waals surface area contributed by atoms with Crippen molar-refractivity contribution in [3.8, 4) is 0 Å². The molecule has 0 spiro atoms. The van der Waals surface area contributed by atoms with Gasteiger partial charge in [-0.25, -0.2) is 0 Å². The third kappa shape index (κ3) is 13.8. The Morgan fingerprint density at radius 1 is 0.824 bits per heavy atom. The summed E-state index contributed by atoms with van der Waals surface area (Å²) < 4.78 is 0. The van der Waals surface area contributed by atoms with Crippen LogP contribution in [0.25, 0.3) is 0 Å². The molecule has 1 nitrogen and oxygen atoms in total. The molecule has 0 aliphatic heterocycles. The summed E-state index contributed by atoms with van der Waals surface area (Å²) in [6.07, 6.45) is 10.9. The van der Waals surface area contributed by atoms with E-state index >= 15 is 0 Å². The molecule has 0 saturated carbocycles. The summed E-state index contributed by atoms with van der Waals surface area (Å²) in [6.45, 7) is 8.71. The van der Waals surface area contributed by atoms with Gasteiger partial charge in [-0.05, 0) is 53.4 Å². The molecule has 17 heavy (non-hydrogen) atoms. The van der Waals surface area contributed by atoms with Crippen LogP contribution in [0.5, 0.6) is 0 Å². The topological polar surface area (TPSA) is 20.2 Å². The van der Waals surface area contributed by atoms with Gasteiger partial charge < -0.3 is 5.11 Å². The van der Waals surface area contributed by atoms with E-state index < -0.39 is 0 Å². The Kier molecular flexibility index (Phi) is 13.8. The van der Waals surface area contributed by atoms with Gasteiger partial charge in [-0.3, -0.25) is 0 Å². The van der Waals surface area contributed by atoms with E-state index in [4.69, 9.17) is 5.11 Å². The van der Waals surface area contributed by atoms with E-state index in [0.29, 0.717) is 0 Å². The minimum absolute atomic E-state index is 0. The van der Waals surface area contributed by atoms with Gasteiger partial charge in [0.1, 0.15) is 0 Å². The molecule has 0 fully saturated rings. The Morgan fingerprint density at radius 2 is 1.29 bits per heavy atom. The maximum absolute atomic E-state index is 8.72. The Bertz CT molecular complexity index is 271. The molecular weight excluding hydrogens is 266 g/mol. The first-order valence-corrected chi connectivity index (χ1v) is 6.11. The SMILES string of the molecule is CC(C)=CCCC(C)=CCCC(C)=CCO.[Ga]. The van der Waals surface area contributed by atoms with Gasteiger partial charge >= 0.3 is 0 Å². The van der Waals surface area contributed by atoms with Crippen LogP contribution in [0.3, 0.4) is 0 Å². The van der Waals surface area contributed by atoms with Crippen molar-refractivity contribution in [2.24, 2.45) is 0 Å². The molecular formula is C15H26GaO. The Hall–Kier alpha value is -0.184. The predicted octanol–water partition coefficient (Wildman–Crippen LogP) is 4.02. The van der Waals surface area contributed by atoms with Gasteiger partial charge in [-0.15, -0.1) is 0 Å². The van der Waals surface area contributed by atoms with Gasteiger partial charge in [0.05, 0.1) is 6.61 Å². The van der Waals surface area contributed by atoms with Crippen molar-refractivity contribution in [1.82, 2.24) is 0 Å². The number of allylic oxidation sites excluding steroid dienone is 5.